The Balaban J connectivity index is 1.36. The Kier molecular flexibility index (Phi) is 4.96. The Morgan fingerprint density at radius 3 is 2.44 bits per heavy atom. The number of halogens is 5. The fourth-order valence-electron chi connectivity index (χ4n) is 5.06. The van der Waals surface area contributed by atoms with Crippen molar-refractivity contribution in [1.82, 2.24) is 14.7 Å². The van der Waals surface area contributed by atoms with Gasteiger partial charge < -0.3 is 10.0 Å². The van der Waals surface area contributed by atoms with E-state index < -0.39 is 29.3 Å². The zero-order valence-electron chi connectivity index (χ0n) is 18.0. The number of nitrogens with zero attached hydrogens (tertiary/aromatic N) is 3. The molecule has 178 valence electrons. The number of amides is 1. The number of carbonyl (C=O) groups excluding carboxylic acids is 1. The van der Waals surface area contributed by atoms with Crippen molar-refractivity contribution in [2.75, 3.05) is 13.1 Å². The van der Waals surface area contributed by atoms with Gasteiger partial charge in [0.2, 0.25) is 0 Å². The van der Waals surface area contributed by atoms with Crippen LogP contribution in [0.4, 0.5) is 22.0 Å². The lowest BCUT2D eigenvalue weighted by atomic mass is 9.60. The molecule has 2 aliphatic rings. The Morgan fingerprint density at radius 1 is 1.09 bits per heavy atom. The summed E-state index contributed by atoms with van der Waals surface area (Å²) < 4.78 is 70.8. The normalized spacial score (nSPS) is 17.5. The van der Waals surface area contributed by atoms with E-state index in [1.54, 1.807) is 6.92 Å². The average molecular weight is 477 g/mol. The average Bonchev–Trinajstić information content (AvgIpc) is 3.14. The number of likely N-dealkylation sites (tertiary alicyclic amines) is 1. The third-order valence-electron chi connectivity index (χ3n) is 6.68. The number of phenolic OH excluding ortho intramolecular Hbond substituents is 1. The lowest BCUT2D eigenvalue weighted by Gasteiger charge is -2.59. The molecule has 2 fully saturated rings. The maximum absolute atomic E-state index is 14.6. The van der Waals surface area contributed by atoms with Crippen molar-refractivity contribution in [1.29, 1.82) is 0 Å². The van der Waals surface area contributed by atoms with Crippen LogP contribution in [-0.4, -0.2) is 38.8 Å². The summed E-state index contributed by atoms with van der Waals surface area (Å²) in [6.45, 7) is 2.31. The minimum absolute atomic E-state index is 0.157. The molecule has 5 nitrogen and oxygen atoms in total. The predicted octanol–water partition coefficient (Wildman–Crippen LogP) is 5.34. The van der Waals surface area contributed by atoms with Crippen molar-refractivity contribution in [3.63, 3.8) is 0 Å². The molecule has 1 saturated heterocycles. The van der Waals surface area contributed by atoms with Gasteiger partial charge in [0.15, 0.2) is 0 Å². The first-order valence-electron chi connectivity index (χ1n) is 10.7. The summed E-state index contributed by atoms with van der Waals surface area (Å²) in [5.74, 6) is -2.28. The Hall–Kier alpha value is -3.43. The Labute approximate surface area is 191 Å². The number of carbonyl (C=O) groups is 1. The fourth-order valence-corrected chi connectivity index (χ4v) is 5.06. The van der Waals surface area contributed by atoms with Crippen LogP contribution >= 0.6 is 0 Å². The van der Waals surface area contributed by atoms with Crippen LogP contribution in [0.2, 0.25) is 0 Å². The van der Waals surface area contributed by atoms with Crippen LogP contribution in [0, 0.1) is 24.0 Å². The fraction of sp³-hybridized carbons (Fsp3) is 0.333. The van der Waals surface area contributed by atoms with Gasteiger partial charge in [-0.3, -0.25) is 9.48 Å². The molecular formula is C24H20F5N3O2. The van der Waals surface area contributed by atoms with Gasteiger partial charge in [0.1, 0.15) is 22.9 Å². The summed E-state index contributed by atoms with van der Waals surface area (Å²) in [5.41, 5.74) is -1.37. The molecule has 34 heavy (non-hydrogen) atoms. The van der Waals surface area contributed by atoms with E-state index in [0.717, 1.165) is 30.5 Å². The molecule has 0 atom stereocenters. The molecule has 1 aliphatic heterocycles. The second kappa shape index (κ2) is 7.54. The van der Waals surface area contributed by atoms with Gasteiger partial charge in [-0.2, -0.15) is 18.3 Å². The van der Waals surface area contributed by atoms with Crippen LogP contribution in [-0.2, 0) is 6.18 Å². The monoisotopic (exact) mass is 477 g/mol. The number of hydrogen-bond donors (Lipinski definition) is 1. The zero-order chi connectivity index (χ0) is 24.4. The molecule has 3 aromatic rings. The first-order valence-corrected chi connectivity index (χ1v) is 10.7. The third kappa shape index (κ3) is 3.61. The molecule has 1 aromatic heterocycles. The van der Waals surface area contributed by atoms with Crippen LogP contribution in [0.3, 0.4) is 0 Å². The number of aryl methyl sites for hydroxylation is 1. The molecular weight excluding hydrogens is 457 g/mol. The van der Waals surface area contributed by atoms with Gasteiger partial charge in [-0.05, 0) is 50.1 Å². The third-order valence-corrected chi connectivity index (χ3v) is 6.68. The quantitative estimate of drug-likeness (QED) is 0.519. The maximum atomic E-state index is 14.6. The highest BCUT2D eigenvalue weighted by Gasteiger charge is 2.55. The van der Waals surface area contributed by atoms with Gasteiger partial charge in [-0.15, -0.1) is 0 Å². The van der Waals surface area contributed by atoms with E-state index in [1.807, 2.05) is 0 Å². The molecule has 2 heterocycles. The van der Waals surface area contributed by atoms with Crippen molar-refractivity contribution < 1.29 is 31.9 Å². The number of aromatic nitrogens is 2. The summed E-state index contributed by atoms with van der Waals surface area (Å²) in [6, 6.07) is 6.84. The van der Waals surface area contributed by atoms with Crippen molar-refractivity contribution in [3.8, 4) is 17.0 Å². The molecule has 0 radical (unpaired) electrons. The number of phenols is 1. The topological polar surface area (TPSA) is 58.4 Å². The smallest absolute Gasteiger partial charge is 0.420 e. The number of aromatic hydroxyl groups is 1. The summed E-state index contributed by atoms with van der Waals surface area (Å²) in [5, 5.41) is 13.5. The largest absolute Gasteiger partial charge is 0.508 e. The molecule has 0 bridgehead atoms. The van der Waals surface area contributed by atoms with E-state index in [1.165, 1.54) is 21.7 Å². The second-order valence-electron chi connectivity index (χ2n) is 9.22. The zero-order valence-corrected chi connectivity index (χ0v) is 18.0. The molecule has 1 saturated carbocycles. The number of hydrogen-bond acceptors (Lipinski definition) is 3. The predicted molar refractivity (Wildman–Crippen MR) is 112 cm³/mol. The van der Waals surface area contributed by atoms with Crippen molar-refractivity contribution in [2.45, 2.75) is 32.0 Å². The lowest BCUT2D eigenvalue weighted by Crippen LogP contribution is -2.64. The second-order valence-corrected chi connectivity index (χ2v) is 9.22. The Morgan fingerprint density at radius 2 is 1.76 bits per heavy atom. The molecule has 0 unspecified atom stereocenters. The first kappa shape index (κ1) is 22.4. The van der Waals surface area contributed by atoms with Gasteiger partial charge in [-0.1, -0.05) is 11.6 Å². The standard InChI is InChI=1S/C24H20F5N3O2/c1-13-2-4-19(25)16(6-13)21-18(24(27,28)29)10-30-32(21)14-8-23(9-14)11-31(12-23)22(34)17-7-15(33)3-5-20(17)26/h2-7,10,14,33H,8-9,11-12H2,1H3. The van der Waals surface area contributed by atoms with Gasteiger partial charge in [-0.25, -0.2) is 8.78 Å². The van der Waals surface area contributed by atoms with Crippen LogP contribution in [0.25, 0.3) is 11.3 Å². The summed E-state index contributed by atoms with van der Waals surface area (Å²) >= 11 is 0. The number of benzene rings is 2. The number of rotatable bonds is 3. The van der Waals surface area contributed by atoms with Gasteiger partial charge in [0, 0.05) is 24.1 Å². The van der Waals surface area contributed by atoms with E-state index >= 15 is 0 Å². The number of alkyl halides is 3. The lowest BCUT2D eigenvalue weighted by molar-refractivity contribution is -0.137. The summed E-state index contributed by atoms with van der Waals surface area (Å²) in [7, 11) is 0. The maximum Gasteiger partial charge on any atom is 0.420 e. The first-order chi connectivity index (χ1) is 16.0. The minimum atomic E-state index is -4.70. The highest BCUT2D eigenvalue weighted by Crippen LogP contribution is 2.55. The van der Waals surface area contributed by atoms with Crippen LogP contribution in [0.1, 0.15) is 40.4 Å². The highest BCUT2D eigenvalue weighted by molar-refractivity contribution is 5.95. The van der Waals surface area contributed by atoms with Crippen molar-refractivity contribution in [3.05, 3.63) is 70.9 Å². The van der Waals surface area contributed by atoms with Crippen molar-refractivity contribution in [2.24, 2.45) is 5.41 Å². The van der Waals surface area contributed by atoms with Gasteiger partial charge >= 0.3 is 6.18 Å². The molecule has 1 N–H and O–H groups in total. The van der Waals surface area contributed by atoms with Gasteiger partial charge in [0.05, 0.1) is 23.5 Å². The van der Waals surface area contributed by atoms with Gasteiger partial charge in [0.25, 0.3) is 5.91 Å². The molecule has 1 aliphatic carbocycles. The van der Waals surface area contributed by atoms with Crippen LogP contribution in [0.15, 0.2) is 42.6 Å². The highest BCUT2D eigenvalue weighted by atomic mass is 19.4. The molecule has 2 aromatic carbocycles. The van der Waals surface area contributed by atoms with Crippen molar-refractivity contribution >= 4 is 5.91 Å². The van der Waals surface area contributed by atoms with E-state index in [4.69, 9.17) is 0 Å². The summed E-state index contributed by atoms with van der Waals surface area (Å²) in [6.07, 6.45) is -3.06. The summed E-state index contributed by atoms with van der Waals surface area (Å²) in [4.78, 5) is 14.0. The Bertz CT molecular complexity index is 1290. The van der Waals surface area contributed by atoms with Crippen LogP contribution in [0.5, 0.6) is 5.75 Å². The molecule has 1 amide bonds. The molecule has 5 rings (SSSR count). The minimum Gasteiger partial charge on any atom is -0.508 e. The van der Waals surface area contributed by atoms with E-state index in [2.05, 4.69) is 5.10 Å². The van der Waals surface area contributed by atoms with E-state index in [-0.39, 0.29) is 34.0 Å². The molecule has 1 spiro atoms. The van der Waals surface area contributed by atoms with E-state index in [9.17, 15) is 31.9 Å². The van der Waals surface area contributed by atoms with Crippen LogP contribution < -0.4 is 0 Å². The SMILES string of the molecule is Cc1ccc(F)c(-c2c(C(F)(F)F)cnn2C2CC3(C2)CN(C(=O)c2cc(O)ccc2F)C3)c1. The van der Waals surface area contributed by atoms with E-state index in [0.29, 0.717) is 31.5 Å². The molecule has 10 heteroatoms.